The van der Waals surface area contributed by atoms with Gasteiger partial charge in [-0.15, -0.1) is 0 Å². The molecule has 285 valence electrons. The molecule has 6 N–H and O–H groups in total. The fourth-order valence-corrected chi connectivity index (χ4v) is 5.19. The first-order valence-corrected chi connectivity index (χ1v) is 15.6. The van der Waals surface area contributed by atoms with Gasteiger partial charge in [0.1, 0.15) is 11.5 Å². The second-order valence-corrected chi connectivity index (χ2v) is 15.5. The Labute approximate surface area is 327 Å². The summed E-state index contributed by atoms with van der Waals surface area (Å²) in [6.45, 7) is 32.9. The molecule has 0 unspecified atom stereocenters. The molecule has 0 aliphatic carbocycles. The van der Waals surface area contributed by atoms with Gasteiger partial charge in [-0.3, -0.25) is 0 Å². The Morgan fingerprint density at radius 2 is 0.694 bits per heavy atom. The molecule has 0 aromatic heterocycles. The Balaban J connectivity index is -0.000000504. The van der Waals surface area contributed by atoms with Crippen molar-refractivity contribution >= 4 is 0 Å². The van der Waals surface area contributed by atoms with Crippen molar-refractivity contribution in [3.8, 4) is 11.5 Å². The van der Waals surface area contributed by atoms with E-state index in [1.807, 2.05) is 0 Å². The van der Waals surface area contributed by atoms with Crippen LogP contribution in [0.5, 0.6) is 11.5 Å². The third-order valence-corrected chi connectivity index (χ3v) is 7.94. The Hall–Kier alpha value is -1.08. The van der Waals surface area contributed by atoms with E-state index in [9.17, 15) is 10.2 Å². The van der Waals surface area contributed by atoms with Crippen molar-refractivity contribution in [1.29, 1.82) is 0 Å². The van der Waals surface area contributed by atoms with E-state index < -0.39 is 0 Å². The monoisotopic (exact) mass is 768 g/mol. The molecule has 1 aliphatic rings. The van der Waals surface area contributed by atoms with Gasteiger partial charge in [-0.2, -0.15) is 6.92 Å². The van der Waals surface area contributed by atoms with Crippen LogP contribution in [0, 0.1) is 54.9 Å². The number of benzene rings is 2. The first kappa shape index (κ1) is 60.0. The summed E-state index contributed by atoms with van der Waals surface area (Å²) in [6, 6.07) is 8.61. The van der Waals surface area contributed by atoms with Gasteiger partial charge < -0.3 is 75.5 Å². The molecule has 8 heteroatoms. The van der Waals surface area contributed by atoms with E-state index in [1.165, 1.54) is 11.1 Å². The van der Waals surface area contributed by atoms with Crippen LogP contribution < -0.4 is 21.3 Å². The predicted molar refractivity (Wildman–Crippen MR) is 211 cm³/mol. The Morgan fingerprint density at radius 1 is 0.510 bits per heavy atom. The zero-order chi connectivity index (χ0) is 31.9. The first-order valence-electron chi connectivity index (χ1n) is 15.6. The van der Waals surface area contributed by atoms with Crippen molar-refractivity contribution < 1.29 is 44.4 Å². The Morgan fingerprint density at radius 3 is 0.857 bits per heavy atom. The predicted octanol–water partition coefficient (Wildman–Crippen LogP) is 8.90. The number of hydrogen-bond acceptors (Lipinski definition) is 6. The summed E-state index contributed by atoms with van der Waals surface area (Å²) in [7, 11) is 0. The zero-order valence-electron chi connectivity index (χ0n) is 34.3. The van der Waals surface area contributed by atoms with Crippen LogP contribution >= 0.6 is 0 Å². The van der Waals surface area contributed by atoms with Crippen LogP contribution in [-0.2, 0) is 71.1 Å². The second kappa shape index (κ2) is 25.0. The van der Waals surface area contributed by atoms with E-state index in [4.69, 9.17) is 0 Å². The van der Waals surface area contributed by atoms with Gasteiger partial charge >= 0.3 is 34.1 Å². The number of rotatable bonds is 0. The maximum atomic E-state index is 11.2. The fraction of sp³-hybridized carbons (Fsp3) is 0.561. The van der Waals surface area contributed by atoms with Crippen LogP contribution in [0.25, 0.3) is 0 Å². The smallest absolute Gasteiger partial charge is 0.507 e. The summed E-state index contributed by atoms with van der Waals surface area (Å²) >= 11 is 0. The molecule has 0 amide bonds. The second-order valence-electron chi connectivity index (χ2n) is 15.5. The summed E-state index contributed by atoms with van der Waals surface area (Å²) in [6.07, 6.45) is 0. The number of fused-ring (bicyclic) bond motifs is 4. The summed E-state index contributed by atoms with van der Waals surface area (Å²) in [4.78, 5) is 0. The molecule has 6 nitrogen and oxygen atoms in total. The summed E-state index contributed by atoms with van der Waals surface area (Å²) in [5, 5.41) is 36.9. The molecule has 3 rings (SSSR count). The third kappa shape index (κ3) is 18.8. The van der Waals surface area contributed by atoms with Crippen molar-refractivity contribution in [2.45, 2.75) is 113 Å². The molecule has 1 radical (unpaired) electrons. The average Bonchev–Trinajstić information content (AvgIpc) is 2.87. The van der Waals surface area contributed by atoms with E-state index >= 15 is 0 Å². The molecule has 0 saturated carbocycles. The number of nitrogens with one attached hydrogen (secondary N) is 4. The van der Waals surface area contributed by atoms with E-state index in [0.717, 1.165) is 48.4 Å². The minimum absolute atomic E-state index is 0. The van der Waals surface area contributed by atoms with Crippen molar-refractivity contribution in [3.63, 3.8) is 0 Å². The summed E-state index contributed by atoms with van der Waals surface area (Å²) in [5.41, 5.74) is 6.19. The maximum absolute atomic E-state index is 11.2. The van der Waals surface area contributed by atoms with Crippen LogP contribution in [0.4, 0.5) is 0 Å². The molecule has 49 heavy (non-hydrogen) atoms. The van der Waals surface area contributed by atoms with Gasteiger partial charge in [-0.25, -0.2) is 0 Å². The minimum Gasteiger partial charge on any atom is -0.507 e. The molecule has 0 spiro atoms. The largest absolute Gasteiger partial charge is 5.00 e. The van der Waals surface area contributed by atoms with Crippen LogP contribution in [0.3, 0.4) is 0 Å². The first-order chi connectivity index (χ1) is 19.4. The van der Waals surface area contributed by atoms with Crippen LogP contribution in [0.1, 0.15) is 110 Å². The quantitative estimate of drug-likeness (QED) is 0.119. The average molecular weight is 769 g/mol. The molecule has 0 fully saturated rings. The molecule has 1 aliphatic heterocycles. The third-order valence-electron chi connectivity index (χ3n) is 7.94. The van der Waals surface area contributed by atoms with E-state index in [0.29, 0.717) is 37.7 Å². The maximum Gasteiger partial charge on any atom is 5.00 e. The van der Waals surface area contributed by atoms with E-state index in [-0.39, 0.29) is 92.9 Å². The Bertz CT molecular complexity index is 1010. The normalized spacial score (nSPS) is 16.2. The molecule has 0 atom stereocenters. The fourth-order valence-electron chi connectivity index (χ4n) is 5.19. The minimum atomic E-state index is -0.0182. The van der Waals surface area contributed by atoms with Gasteiger partial charge in [0.15, 0.2) is 0 Å². The standard InChI is InChI=1S/C34H56N4O2.C2H5.5CH3.2Fe/c1-31(2,3)27-11-23-15-35-19-33(7,8)21-37-17-25-13-28(32(4,5)6)14-26(30(25)40)18-38-22-34(9,10)20-36-16-24(12-27)29(23)39;1-2;;;;;;;/h11-14,35-40H,15-22H2,1-10H3;1H2,2H3;5*1H3;;/q;6*-1;+4;+5. The van der Waals surface area contributed by atoms with Crippen molar-refractivity contribution in [1.82, 2.24) is 21.3 Å². The van der Waals surface area contributed by atoms with Gasteiger partial charge in [0.2, 0.25) is 0 Å². The van der Waals surface area contributed by atoms with Crippen molar-refractivity contribution in [2.24, 2.45) is 10.8 Å². The van der Waals surface area contributed by atoms with E-state index in [1.54, 1.807) is 6.92 Å². The summed E-state index contributed by atoms with van der Waals surface area (Å²) in [5.74, 6) is 0.774. The van der Waals surface area contributed by atoms with Gasteiger partial charge in [0.05, 0.1) is 0 Å². The topological polar surface area (TPSA) is 88.6 Å². The van der Waals surface area contributed by atoms with Crippen LogP contribution in [-0.4, -0.2) is 36.4 Å². The molecular weight excluding hydrogens is 692 g/mol. The molecule has 2 aromatic rings. The van der Waals surface area contributed by atoms with Crippen LogP contribution in [0.2, 0.25) is 0 Å². The van der Waals surface area contributed by atoms with Crippen molar-refractivity contribution in [2.75, 3.05) is 26.2 Å². The number of aromatic hydroxyl groups is 2. The van der Waals surface area contributed by atoms with E-state index in [2.05, 4.69) is 122 Å². The SMILES string of the molecule is CC1(C)CNCc2cc(C(C)(C)C)cc(c2O)CNCC(C)(C)CNCc2cc(C(C)(C)C)cc(c2O)CNC1.[CH2-]C.[CH3-].[CH3-].[CH3-].[CH3-].[CH3-].[Fe+4].[Fe+5]. The number of hydrogen-bond donors (Lipinski definition) is 6. The van der Waals surface area contributed by atoms with Gasteiger partial charge in [-0.05, 0) is 32.8 Å². The van der Waals surface area contributed by atoms with Gasteiger partial charge in [0.25, 0.3) is 0 Å². The molecule has 4 bridgehead atoms. The van der Waals surface area contributed by atoms with Gasteiger partial charge in [-0.1, -0.05) is 93.5 Å². The molecule has 1 heterocycles. The van der Waals surface area contributed by atoms with Crippen LogP contribution in [0.15, 0.2) is 24.3 Å². The number of phenolic OH excluding ortho intramolecular Hbond substituents is 2. The summed E-state index contributed by atoms with van der Waals surface area (Å²) < 4.78 is 0. The number of phenols is 2. The van der Waals surface area contributed by atoms with Crippen molar-refractivity contribution in [3.05, 3.63) is 102 Å². The zero-order valence-corrected chi connectivity index (χ0v) is 36.5. The molecule has 0 saturated heterocycles. The Kier molecular flexibility index (Phi) is 30.6. The molecular formula is C41H76Fe2N4O2+3. The van der Waals surface area contributed by atoms with Gasteiger partial charge in [0, 0.05) is 74.6 Å². The molecule has 2 aromatic carbocycles.